The molecule has 0 aromatic heterocycles. The molecule has 1 saturated carbocycles. The molecule has 1 aromatic carbocycles. The SMILES string of the molecule is COC(=O)CC1CCCCC1Cc1cccc(OC)c1. The van der Waals surface area contributed by atoms with Crippen LogP contribution in [0.4, 0.5) is 0 Å². The number of rotatable bonds is 5. The van der Waals surface area contributed by atoms with E-state index >= 15 is 0 Å². The third kappa shape index (κ3) is 3.99. The van der Waals surface area contributed by atoms with Crippen LogP contribution in [-0.2, 0) is 16.0 Å². The topological polar surface area (TPSA) is 35.5 Å². The van der Waals surface area contributed by atoms with Crippen LogP contribution >= 0.6 is 0 Å². The molecule has 0 amide bonds. The third-order valence-electron chi connectivity index (χ3n) is 4.36. The van der Waals surface area contributed by atoms with E-state index in [-0.39, 0.29) is 5.97 Å². The number of ether oxygens (including phenoxy) is 2. The Morgan fingerprint density at radius 2 is 1.95 bits per heavy atom. The lowest BCUT2D eigenvalue weighted by molar-refractivity contribution is -0.142. The van der Waals surface area contributed by atoms with E-state index in [9.17, 15) is 4.79 Å². The largest absolute Gasteiger partial charge is 0.497 e. The van der Waals surface area contributed by atoms with Crippen LogP contribution in [-0.4, -0.2) is 20.2 Å². The van der Waals surface area contributed by atoms with Gasteiger partial charge in [-0.3, -0.25) is 4.79 Å². The zero-order chi connectivity index (χ0) is 14.4. The standard InChI is InChI=1S/C17H24O3/c1-19-16-9-5-6-13(11-16)10-14-7-3-4-8-15(14)12-17(18)20-2/h5-6,9,11,14-15H,3-4,7-8,10,12H2,1-2H3. The molecular weight excluding hydrogens is 252 g/mol. The van der Waals surface area contributed by atoms with Crippen molar-refractivity contribution in [3.05, 3.63) is 29.8 Å². The lowest BCUT2D eigenvalue weighted by Gasteiger charge is -2.31. The van der Waals surface area contributed by atoms with Crippen molar-refractivity contribution in [2.75, 3.05) is 14.2 Å². The smallest absolute Gasteiger partial charge is 0.305 e. The minimum Gasteiger partial charge on any atom is -0.497 e. The monoisotopic (exact) mass is 276 g/mol. The second-order valence-electron chi connectivity index (χ2n) is 5.64. The summed E-state index contributed by atoms with van der Waals surface area (Å²) in [6.07, 6.45) is 6.44. The van der Waals surface area contributed by atoms with Crippen LogP contribution in [0.25, 0.3) is 0 Å². The summed E-state index contributed by atoms with van der Waals surface area (Å²) in [5.74, 6) is 1.87. The summed E-state index contributed by atoms with van der Waals surface area (Å²) in [6.45, 7) is 0. The highest BCUT2D eigenvalue weighted by atomic mass is 16.5. The predicted octanol–water partition coefficient (Wildman–Crippen LogP) is 3.61. The first-order valence-electron chi connectivity index (χ1n) is 7.42. The summed E-state index contributed by atoms with van der Waals surface area (Å²) >= 11 is 0. The summed E-state index contributed by atoms with van der Waals surface area (Å²) in [6, 6.07) is 8.25. The minimum absolute atomic E-state index is 0.0763. The molecule has 110 valence electrons. The zero-order valence-electron chi connectivity index (χ0n) is 12.4. The molecule has 0 spiro atoms. The quantitative estimate of drug-likeness (QED) is 0.771. The Kier molecular flexibility index (Phi) is 5.45. The highest BCUT2D eigenvalue weighted by molar-refractivity contribution is 5.69. The van der Waals surface area contributed by atoms with E-state index in [0.29, 0.717) is 18.3 Å². The molecule has 2 atom stereocenters. The van der Waals surface area contributed by atoms with Crippen molar-refractivity contribution in [1.82, 2.24) is 0 Å². The predicted molar refractivity (Wildman–Crippen MR) is 78.8 cm³/mol. The van der Waals surface area contributed by atoms with Gasteiger partial charge in [0.1, 0.15) is 5.75 Å². The first-order chi connectivity index (χ1) is 9.72. The van der Waals surface area contributed by atoms with Gasteiger partial charge in [-0.15, -0.1) is 0 Å². The van der Waals surface area contributed by atoms with Gasteiger partial charge in [-0.05, 0) is 48.8 Å². The maximum Gasteiger partial charge on any atom is 0.305 e. The fourth-order valence-corrected chi connectivity index (χ4v) is 3.22. The van der Waals surface area contributed by atoms with Gasteiger partial charge in [0.05, 0.1) is 14.2 Å². The van der Waals surface area contributed by atoms with Gasteiger partial charge in [-0.25, -0.2) is 0 Å². The van der Waals surface area contributed by atoms with Gasteiger partial charge in [0.15, 0.2) is 0 Å². The maximum absolute atomic E-state index is 11.5. The fourth-order valence-electron chi connectivity index (χ4n) is 3.22. The van der Waals surface area contributed by atoms with E-state index in [1.165, 1.54) is 31.9 Å². The number of benzene rings is 1. The van der Waals surface area contributed by atoms with Crippen LogP contribution < -0.4 is 4.74 Å². The van der Waals surface area contributed by atoms with Crippen molar-refractivity contribution >= 4 is 5.97 Å². The molecule has 20 heavy (non-hydrogen) atoms. The second kappa shape index (κ2) is 7.32. The Bertz CT molecular complexity index is 442. The van der Waals surface area contributed by atoms with Gasteiger partial charge in [-0.1, -0.05) is 25.0 Å². The summed E-state index contributed by atoms with van der Waals surface area (Å²) in [5, 5.41) is 0. The Morgan fingerprint density at radius 3 is 2.65 bits per heavy atom. The number of carbonyl (C=O) groups is 1. The number of methoxy groups -OCH3 is 2. The van der Waals surface area contributed by atoms with Crippen molar-refractivity contribution in [3.63, 3.8) is 0 Å². The van der Waals surface area contributed by atoms with Crippen LogP contribution in [0.5, 0.6) is 5.75 Å². The van der Waals surface area contributed by atoms with Gasteiger partial charge in [-0.2, -0.15) is 0 Å². The summed E-state index contributed by atoms with van der Waals surface area (Å²) in [5.41, 5.74) is 1.30. The van der Waals surface area contributed by atoms with Crippen LogP contribution in [0.2, 0.25) is 0 Å². The molecule has 1 aliphatic carbocycles. The molecule has 1 fully saturated rings. The van der Waals surface area contributed by atoms with Gasteiger partial charge < -0.3 is 9.47 Å². The normalized spacial score (nSPS) is 22.3. The van der Waals surface area contributed by atoms with Crippen LogP contribution in [0.1, 0.15) is 37.7 Å². The molecule has 2 rings (SSSR count). The van der Waals surface area contributed by atoms with E-state index < -0.39 is 0 Å². The van der Waals surface area contributed by atoms with Crippen LogP contribution in [0.15, 0.2) is 24.3 Å². The number of hydrogen-bond donors (Lipinski definition) is 0. The molecule has 0 heterocycles. The van der Waals surface area contributed by atoms with Crippen molar-refractivity contribution in [1.29, 1.82) is 0 Å². The number of hydrogen-bond acceptors (Lipinski definition) is 3. The van der Waals surface area contributed by atoms with Crippen molar-refractivity contribution < 1.29 is 14.3 Å². The van der Waals surface area contributed by atoms with E-state index in [0.717, 1.165) is 18.6 Å². The zero-order valence-corrected chi connectivity index (χ0v) is 12.4. The van der Waals surface area contributed by atoms with Crippen molar-refractivity contribution in [2.45, 2.75) is 38.5 Å². The highest BCUT2D eigenvalue weighted by Crippen LogP contribution is 2.35. The highest BCUT2D eigenvalue weighted by Gasteiger charge is 2.27. The minimum atomic E-state index is -0.0763. The van der Waals surface area contributed by atoms with Gasteiger partial charge >= 0.3 is 5.97 Å². The molecule has 0 N–H and O–H groups in total. The first kappa shape index (κ1) is 14.9. The van der Waals surface area contributed by atoms with E-state index in [4.69, 9.17) is 9.47 Å². The van der Waals surface area contributed by atoms with Gasteiger partial charge in [0.2, 0.25) is 0 Å². The molecule has 1 aliphatic rings. The average Bonchev–Trinajstić information content (AvgIpc) is 2.49. The lowest BCUT2D eigenvalue weighted by Crippen LogP contribution is -2.24. The summed E-state index contributed by atoms with van der Waals surface area (Å²) in [7, 11) is 3.17. The number of esters is 1. The molecule has 0 aliphatic heterocycles. The van der Waals surface area contributed by atoms with E-state index in [1.54, 1.807) is 7.11 Å². The molecule has 0 saturated heterocycles. The van der Waals surface area contributed by atoms with E-state index in [1.807, 2.05) is 12.1 Å². The molecule has 3 heteroatoms. The van der Waals surface area contributed by atoms with Gasteiger partial charge in [0.25, 0.3) is 0 Å². The second-order valence-corrected chi connectivity index (χ2v) is 5.64. The molecule has 0 radical (unpaired) electrons. The Morgan fingerprint density at radius 1 is 1.20 bits per heavy atom. The Hall–Kier alpha value is -1.51. The molecule has 2 unspecified atom stereocenters. The van der Waals surface area contributed by atoms with Crippen LogP contribution in [0.3, 0.4) is 0 Å². The van der Waals surface area contributed by atoms with E-state index in [2.05, 4.69) is 12.1 Å². The Balaban J connectivity index is 2.02. The maximum atomic E-state index is 11.5. The average molecular weight is 276 g/mol. The lowest BCUT2D eigenvalue weighted by atomic mass is 9.74. The third-order valence-corrected chi connectivity index (χ3v) is 4.36. The van der Waals surface area contributed by atoms with Crippen molar-refractivity contribution in [3.8, 4) is 5.75 Å². The molecule has 0 bridgehead atoms. The summed E-state index contributed by atoms with van der Waals surface area (Å²) < 4.78 is 10.1. The number of carbonyl (C=O) groups excluding carboxylic acids is 1. The van der Waals surface area contributed by atoms with Crippen molar-refractivity contribution in [2.24, 2.45) is 11.8 Å². The molecule has 1 aromatic rings. The summed E-state index contributed by atoms with van der Waals surface area (Å²) in [4.78, 5) is 11.5. The molecule has 3 nitrogen and oxygen atoms in total. The van der Waals surface area contributed by atoms with Crippen LogP contribution in [0, 0.1) is 11.8 Å². The Labute approximate surface area is 121 Å². The first-order valence-corrected chi connectivity index (χ1v) is 7.42. The fraction of sp³-hybridized carbons (Fsp3) is 0.588. The van der Waals surface area contributed by atoms with Gasteiger partial charge in [0, 0.05) is 6.42 Å². The molecular formula is C17H24O3.